The number of carbonyl (C=O) groups is 1. The highest BCUT2D eigenvalue weighted by Crippen LogP contribution is 2.39. The van der Waals surface area contributed by atoms with Crippen LogP contribution in [0.25, 0.3) is 6.08 Å². The second-order valence-electron chi connectivity index (χ2n) is 7.78. The summed E-state index contributed by atoms with van der Waals surface area (Å²) in [6.45, 7) is 13.8. The minimum Gasteiger partial charge on any atom is -0.496 e. The zero-order valence-corrected chi connectivity index (χ0v) is 17.9. The van der Waals surface area contributed by atoms with Gasteiger partial charge in [0.2, 0.25) is 0 Å². The molecule has 26 heavy (non-hydrogen) atoms. The number of carbonyl (C=O) groups excluding carboxylic acids is 1. The Morgan fingerprint density at radius 2 is 1.65 bits per heavy atom. The van der Waals surface area contributed by atoms with Crippen molar-refractivity contribution >= 4 is 30.1 Å². The van der Waals surface area contributed by atoms with Crippen molar-refractivity contribution < 1.29 is 18.8 Å². The molecule has 1 aliphatic heterocycles. The van der Waals surface area contributed by atoms with Crippen molar-refractivity contribution in [1.29, 1.82) is 0 Å². The number of rotatable bonds is 5. The minimum absolute atomic E-state index is 0.0782. The Labute approximate surface area is 161 Å². The minimum atomic E-state index is -0.463. The first kappa shape index (κ1) is 21.1. The fourth-order valence-electron chi connectivity index (χ4n) is 2.96. The second kappa shape index (κ2) is 7.79. The molecule has 0 aromatic heterocycles. The zero-order chi connectivity index (χ0) is 19.7. The Kier molecular flexibility index (Phi) is 6.31. The highest BCUT2D eigenvalue weighted by atomic mass is 32.2. The largest absolute Gasteiger partial charge is 0.496 e. The maximum Gasteiger partial charge on any atom is 0.491 e. The first-order chi connectivity index (χ1) is 12.0. The summed E-state index contributed by atoms with van der Waals surface area (Å²) in [5.74, 6) is 1.44. The first-order valence-corrected chi connectivity index (χ1v) is 9.80. The molecule has 1 saturated heterocycles. The number of hydrogen-bond donors (Lipinski definition) is 0. The van der Waals surface area contributed by atoms with Gasteiger partial charge in [0.05, 0.1) is 18.3 Å². The predicted molar refractivity (Wildman–Crippen MR) is 110 cm³/mol. The molecule has 0 unspecified atom stereocenters. The molecule has 1 aromatic carbocycles. The van der Waals surface area contributed by atoms with Crippen LogP contribution in [0.2, 0.25) is 0 Å². The molecule has 0 aliphatic carbocycles. The van der Waals surface area contributed by atoms with Crippen LogP contribution in [0, 0.1) is 13.8 Å². The van der Waals surface area contributed by atoms with Crippen molar-refractivity contribution in [2.75, 3.05) is 12.9 Å². The van der Waals surface area contributed by atoms with Gasteiger partial charge in [0, 0.05) is 12.7 Å². The molecule has 6 heteroatoms. The van der Waals surface area contributed by atoms with Gasteiger partial charge in [-0.2, -0.15) is 0 Å². The standard InChI is InChI=1S/C20H29BO4S/c1-13-9-16(10-14(2)18(13)23-8)11-17(12-26-15(3)22)21-24-19(4,5)20(6,7)25-21/h9-11H,12H2,1-8H3. The molecule has 0 spiro atoms. The summed E-state index contributed by atoms with van der Waals surface area (Å²) in [6.07, 6.45) is 2.07. The molecule has 4 nitrogen and oxygen atoms in total. The van der Waals surface area contributed by atoms with E-state index in [1.54, 1.807) is 14.0 Å². The zero-order valence-electron chi connectivity index (χ0n) is 17.1. The van der Waals surface area contributed by atoms with E-state index in [4.69, 9.17) is 14.0 Å². The Morgan fingerprint density at radius 1 is 1.15 bits per heavy atom. The summed E-state index contributed by atoms with van der Waals surface area (Å²) < 4.78 is 17.8. The van der Waals surface area contributed by atoms with Gasteiger partial charge in [0.1, 0.15) is 5.75 Å². The molecule has 0 saturated carbocycles. The molecule has 142 valence electrons. The van der Waals surface area contributed by atoms with Gasteiger partial charge in [-0.05, 0) is 75.8 Å². The van der Waals surface area contributed by atoms with Gasteiger partial charge in [-0.15, -0.1) is 0 Å². The highest BCUT2D eigenvalue weighted by Gasteiger charge is 2.52. The van der Waals surface area contributed by atoms with Gasteiger partial charge < -0.3 is 14.0 Å². The van der Waals surface area contributed by atoms with Gasteiger partial charge in [0.25, 0.3) is 0 Å². The van der Waals surface area contributed by atoms with Crippen LogP contribution in [0.3, 0.4) is 0 Å². The predicted octanol–water partition coefficient (Wildman–Crippen LogP) is 4.61. The summed E-state index contributed by atoms with van der Waals surface area (Å²) in [4.78, 5) is 11.5. The lowest BCUT2D eigenvalue weighted by atomic mass is 9.78. The molecular formula is C20H29BO4S. The third kappa shape index (κ3) is 4.53. The molecule has 1 aromatic rings. The van der Waals surface area contributed by atoms with Gasteiger partial charge in [0.15, 0.2) is 5.12 Å². The summed E-state index contributed by atoms with van der Waals surface area (Å²) in [5.41, 5.74) is 3.33. The lowest BCUT2D eigenvalue weighted by molar-refractivity contribution is -0.109. The number of benzene rings is 1. The van der Waals surface area contributed by atoms with Crippen molar-refractivity contribution in [2.45, 2.75) is 59.7 Å². The number of ether oxygens (including phenoxy) is 1. The normalized spacial score (nSPS) is 18.9. The fraction of sp³-hybridized carbons (Fsp3) is 0.550. The lowest BCUT2D eigenvalue weighted by Gasteiger charge is -2.32. The average molecular weight is 376 g/mol. The molecule has 0 N–H and O–H groups in total. The molecule has 1 fully saturated rings. The van der Waals surface area contributed by atoms with Gasteiger partial charge in [-0.1, -0.05) is 17.8 Å². The number of thioether (sulfide) groups is 1. The second-order valence-corrected chi connectivity index (χ2v) is 8.93. The van der Waals surface area contributed by atoms with Crippen molar-refractivity contribution in [3.63, 3.8) is 0 Å². The van der Waals surface area contributed by atoms with Gasteiger partial charge in [-0.3, -0.25) is 4.79 Å². The lowest BCUT2D eigenvalue weighted by Crippen LogP contribution is -2.41. The topological polar surface area (TPSA) is 44.8 Å². The first-order valence-electron chi connectivity index (χ1n) is 8.81. The molecule has 1 aliphatic rings. The average Bonchev–Trinajstić information content (AvgIpc) is 2.71. The van der Waals surface area contributed by atoms with E-state index in [1.807, 2.05) is 41.5 Å². The van der Waals surface area contributed by atoms with E-state index >= 15 is 0 Å². The number of methoxy groups -OCH3 is 1. The maximum absolute atomic E-state index is 11.5. The third-order valence-electron chi connectivity index (χ3n) is 5.04. The van der Waals surface area contributed by atoms with E-state index in [0.29, 0.717) is 5.75 Å². The van der Waals surface area contributed by atoms with Crippen LogP contribution in [-0.2, 0) is 14.1 Å². The van der Waals surface area contributed by atoms with Crippen LogP contribution >= 0.6 is 11.8 Å². The van der Waals surface area contributed by atoms with Crippen molar-refractivity contribution in [2.24, 2.45) is 0 Å². The van der Waals surface area contributed by atoms with Crippen LogP contribution in [0.4, 0.5) is 0 Å². The van der Waals surface area contributed by atoms with Crippen molar-refractivity contribution in [3.8, 4) is 5.75 Å². The Hall–Kier alpha value is -1.24. The van der Waals surface area contributed by atoms with Crippen LogP contribution in [0.1, 0.15) is 51.3 Å². The van der Waals surface area contributed by atoms with Gasteiger partial charge >= 0.3 is 7.12 Å². The van der Waals surface area contributed by atoms with E-state index in [0.717, 1.165) is 27.9 Å². The Bertz CT molecular complexity index is 686. The summed E-state index contributed by atoms with van der Waals surface area (Å²) in [7, 11) is 1.22. The summed E-state index contributed by atoms with van der Waals surface area (Å²) in [5, 5.41) is 0.0782. The number of aryl methyl sites for hydroxylation is 2. The summed E-state index contributed by atoms with van der Waals surface area (Å²) >= 11 is 1.27. The van der Waals surface area contributed by atoms with E-state index in [-0.39, 0.29) is 5.12 Å². The fourth-order valence-corrected chi connectivity index (χ4v) is 3.55. The monoisotopic (exact) mass is 376 g/mol. The van der Waals surface area contributed by atoms with E-state index < -0.39 is 18.3 Å². The van der Waals surface area contributed by atoms with E-state index in [2.05, 4.69) is 18.2 Å². The van der Waals surface area contributed by atoms with Crippen molar-refractivity contribution in [3.05, 3.63) is 34.3 Å². The molecule has 1 heterocycles. The van der Waals surface area contributed by atoms with Crippen LogP contribution in [-0.4, -0.2) is 36.3 Å². The molecular weight excluding hydrogens is 347 g/mol. The van der Waals surface area contributed by atoms with E-state index in [1.165, 1.54) is 11.8 Å². The Morgan fingerprint density at radius 3 is 2.08 bits per heavy atom. The molecule has 0 radical (unpaired) electrons. The Balaban J connectivity index is 2.39. The SMILES string of the molecule is COc1c(C)cc(C=C(CSC(C)=O)B2OC(C)(C)C(C)(C)O2)cc1C. The maximum atomic E-state index is 11.5. The molecule has 0 atom stereocenters. The molecule has 2 rings (SSSR count). The van der Waals surface area contributed by atoms with Gasteiger partial charge in [-0.25, -0.2) is 0 Å². The van der Waals surface area contributed by atoms with Crippen LogP contribution in [0.15, 0.2) is 17.6 Å². The van der Waals surface area contributed by atoms with Crippen LogP contribution < -0.4 is 4.74 Å². The number of hydrogen-bond acceptors (Lipinski definition) is 5. The van der Waals surface area contributed by atoms with Crippen LogP contribution in [0.5, 0.6) is 5.75 Å². The smallest absolute Gasteiger partial charge is 0.491 e. The summed E-state index contributed by atoms with van der Waals surface area (Å²) in [6, 6.07) is 4.16. The highest BCUT2D eigenvalue weighted by molar-refractivity contribution is 8.13. The van der Waals surface area contributed by atoms with E-state index in [9.17, 15) is 4.79 Å². The molecule has 0 amide bonds. The molecule has 0 bridgehead atoms. The quantitative estimate of drug-likeness (QED) is 0.703. The van der Waals surface area contributed by atoms with Crippen molar-refractivity contribution in [1.82, 2.24) is 0 Å². The third-order valence-corrected chi connectivity index (χ3v) is 5.92.